The minimum atomic E-state index is -0.226. The molecule has 0 N–H and O–H groups in total. The Bertz CT molecular complexity index is 363. The Morgan fingerprint density at radius 3 is 2.85 bits per heavy atom. The monoisotopic (exact) mass is 176 g/mol. The van der Waals surface area contributed by atoms with E-state index < -0.39 is 0 Å². The van der Waals surface area contributed by atoms with Crippen molar-refractivity contribution in [1.29, 1.82) is 0 Å². The van der Waals surface area contributed by atoms with Crippen molar-refractivity contribution in [3.8, 4) is 0 Å². The Morgan fingerprint density at radius 2 is 2.15 bits per heavy atom. The van der Waals surface area contributed by atoms with Crippen LogP contribution in [0.1, 0.15) is 20.3 Å². The van der Waals surface area contributed by atoms with Crippen LogP contribution in [0.2, 0.25) is 0 Å². The van der Waals surface area contributed by atoms with Crippen molar-refractivity contribution in [2.24, 2.45) is 5.92 Å². The summed E-state index contributed by atoms with van der Waals surface area (Å²) in [6.07, 6.45) is 2.13. The second-order valence-electron chi connectivity index (χ2n) is 3.43. The molecule has 3 nitrogen and oxygen atoms in total. The third-order valence-electron chi connectivity index (χ3n) is 2.61. The Morgan fingerprint density at radius 1 is 1.46 bits per heavy atom. The van der Waals surface area contributed by atoms with E-state index in [1.165, 1.54) is 0 Å². The van der Waals surface area contributed by atoms with Crippen molar-refractivity contribution < 1.29 is 9.59 Å². The van der Waals surface area contributed by atoms with Gasteiger partial charge in [0.1, 0.15) is 0 Å². The van der Waals surface area contributed by atoms with Gasteiger partial charge in [0, 0.05) is 6.42 Å². The molecule has 3 heteroatoms. The zero-order valence-corrected chi connectivity index (χ0v) is 7.63. The maximum absolute atomic E-state index is 11.3. The van der Waals surface area contributed by atoms with E-state index in [-0.39, 0.29) is 17.6 Å². The van der Waals surface area contributed by atoms with Crippen LogP contribution in [-0.4, -0.2) is 11.7 Å². The van der Waals surface area contributed by atoms with Crippen LogP contribution in [-0.2, 0) is 9.59 Å². The van der Waals surface area contributed by atoms with Crippen LogP contribution in [0.25, 0.3) is 0 Å². The summed E-state index contributed by atoms with van der Waals surface area (Å²) in [5, 5.41) is 3.89. The van der Waals surface area contributed by atoms with Gasteiger partial charge in [-0.15, -0.1) is 0 Å². The minimum Gasteiger partial charge on any atom is -0.294 e. The average Bonchev–Trinajstić information content (AvgIpc) is 2.37. The van der Waals surface area contributed by atoms with Crippen LogP contribution in [0.4, 0.5) is 0 Å². The van der Waals surface area contributed by atoms with E-state index in [9.17, 15) is 9.59 Å². The Kier molecular flexibility index (Phi) is 1.62. The van der Waals surface area contributed by atoms with Crippen LogP contribution < -0.4 is 5.32 Å². The highest BCUT2D eigenvalue weighted by Gasteiger charge is 2.35. The number of nitrogens with zero attached hydrogens (tertiary/aromatic N) is 1. The number of carbonyl (C=O) groups is 2. The fourth-order valence-corrected chi connectivity index (χ4v) is 1.79. The van der Waals surface area contributed by atoms with E-state index >= 15 is 0 Å². The molecule has 1 saturated heterocycles. The maximum atomic E-state index is 11.3. The van der Waals surface area contributed by atoms with E-state index in [2.05, 4.69) is 5.32 Å². The zero-order valence-electron chi connectivity index (χ0n) is 7.63. The summed E-state index contributed by atoms with van der Waals surface area (Å²) in [6, 6.07) is 0. The van der Waals surface area contributed by atoms with Gasteiger partial charge < -0.3 is 0 Å². The van der Waals surface area contributed by atoms with Crippen molar-refractivity contribution in [3.63, 3.8) is 0 Å². The first-order chi connectivity index (χ1) is 6.11. The lowest BCUT2D eigenvalue weighted by Crippen LogP contribution is -2.11. The smallest absolute Gasteiger partial charge is 0.253 e. The van der Waals surface area contributed by atoms with Crippen LogP contribution in [0.5, 0.6) is 0 Å². The van der Waals surface area contributed by atoms with Gasteiger partial charge in [0.25, 0.3) is 5.91 Å². The molecule has 0 aromatic heterocycles. The van der Waals surface area contributed by atoms with Crippen LogP contribution in [0.15, 0.2) is 22.9 Å². The summed E-state index contributed by atoms with van der Waals surface area (Å²) in [6.45, 7) is 3.57. The molecule has 67 valence electrons. The average molecular weight is 176 g/mol. The Labute approximate surface area is 76.5 Å². The van der Waals surface area contributed by atoms with E-state index in [1.54, 1.807) is 19.9 Å². The van der Waals surface area contributed by atoms with Gasteiger partial charge in [0.2, 0.25) is 0 Å². The molecular formula is C10H10NO2. The van der Waals surface area contributed by atoms with Gasteiger partial charge in [0.15, 0.2) is 5.78 Å². The van der Waals surface area contributed by atoms with Crippen molar-refractivity contribution in [2.45, 2.75) is 20.3 Å². The predicted octanol–water partition coefficient (Wildman–Crippen LogP) is 0.940. The summed E-state index contributed by atoms with van der Waals surface area (Å²) >= 11 is 0. The number of fused-ring (bicyclic) bond motifs is 1. The highest BCUT2D eigenvalue weighted by Crippen LogP contribution is 2.33. The zero-order chi connectivity index (χ0) is 9.59. The third kappa shape index (κ3) is 1.03. The van der Waals surface area contributed by atoms with E-state index in [1.807, 2.05) is 0 Å². The van der Waals surface area contributed by atoms with E-state index in [0.29, 0.717) is 12.0 Å². The lowest BCUT2D eigenvalue weighted by molar-refractivity contribution is -0.121. The van der Waals surface area contributed by atoms with Crippen molar-refractivity contribution in [2.75, 3.05) is 0 Å². The molecule has 1 atom stereocenters. The summed E-state index contributed by atoms with van der Waals surface area (Å²) in [4.78, 5) is 22.6. The van der Waals surface area contributed by atoms with Gasteiger partial charge in [-0.2, -0.15) is 0 Å². The highest BCUT2D eigenvalue weighted by atomic mass is 16.2. The third-order valence-corrected chi connectivity index (χ3v) is 2.61. The quantitative estimate of drug-likeness (QED) is 0.551. The summed E-state index contributed by atoms with van der Waals surface area (Å²) in [7, 11) is 0. The van der Waals surface area contributed by atoms with Crippen molar-refractivity contribution in [1.82, 2.24) is 5.32 Å². The standard InChI is InChI=1S/C10H10NO2/c1-5-8(12)4-3-7-9(5)6(2)10(13)11-7/h3,6H,4H2,1-2H3. The van der Waals surface area contributed by atoms with Gasteiger partial charge in [-0.3, -0.25) is 9.59 Å². The van der Waals surface area contributed by atoms with E-state index in [4.69, 9.17) is 0 Å². The fraction of sp³-hybridized carbons (Fsp3) is 0.400. The molecule has 1 fully saturated rings. The molecule has 13 heavy (non-hydrogen) atoms. The number of allylic oxidation sites excluding steroid dienone is 3. The summed E-state index contributed by atoms with van der Waals surface area (Å²) in [5.41, 5.74) is 2.26. The number of hydrogen-bond acceptors (Lipinski definition) is 2. The molecule has 1 heterocycles. The highest BCUT2D eigenvalue weighted by molar-refractivity contribution is 6.02. The molecule has 0 bridgehead atoms. The summed E-state index contributed by atoms with van der Waals surface area (Å²) in [5.74, 6) is -0.249. The minimum absolute atomic E-state index is 0.107. The van der Waals surface area contributed by atoms with Crippen molar-refractivity contribution >= 4 is 11.7 Å². The first kappa shape index (κ1) is 8.23. The van der Waals surface area contributed by atoms with Gasteiger partial charge in [-0.25, -0.2) is 5.32 Å². The largest absolute Gasteiger partial charge is 0.294 e. The number of amides is 1. The fourth-order valence-electron chi connectivity index (χ4n) is 1.79. The summed E-state index contributed by atoms with van der Waals surface area (Å²) < 4.78 is 0. The molecule has 1 unspecified atom stereocenters. The lowest BCUT2D eigenvalue weighted by atomic mass is 9.90. The van der Waals surface area contributed by atoms with Gasteiger partial charge in [0.05, 0.1) is 11.6 Å². The Balaban J connectivity index is 2.54. The molecule has 0 spiro atoms. The predicted molar refractivity (Wildman–Crippen MR) is 46.7 cm³/mol. The van der Waals surface area contributed by atoms with Gasteiger partial charge >= 0.3 is 0 Å². The molecule has 0 aromatic carbocycles. The number of rotatable bonds is 0. The molecular weight excluding hydrogens is 166 g/mol. The molecule has 1 aliphatic heterocycles. The maximum Gasteiger partial charge on any atom is 0.253 e. The number of ketones is 1. The van der Waals surface area contributed by atoms with Crippen molar-refractivity contribution in [3.05, 3.63) is 22.9 Å². The second-order valence-corrected chi connectivity index (χ2v) is 3.43. The van der Waals surface area contributed by atoms with Gasteiger partial charge in [-0.05, 0) is 25.0 Å². The molecule has 1 aliphatic carbocycles. The lowest BCUT2D eigenvalue weighted by Gasteiger charge is -2.12. The first-order valence-corrected chi connectivity index (χ1v) is 4.31. The molecule has 1 radical (unpaired) electrons. The normalized spacial score (nSPS) is 27.2. The van der Waals surface area contributed by atoms with Crippen LogP contribution in [0, 0.1) is 5.92 Å². The number of carbonyl (C=O) groups excluding carboxylic acids is 2. The Hall–Kier alpha value is -1.38. The molecule has 0 saturated carbocycles. The van der Waals surface area contributed by atoms with Crippen LogP contribution >= 0.6 is 0 Å². The molecule has 2 rings (SSSR count). The molecule has 2 aliphatic rings. The SMILES string of the molecule is CC1=C2C(=CCC1=O)[N]C(=O)C2C. The molecule has 1 amide bonds. The number of hydrogen-bond donors (Lipinski definition) is 0. The first-order valence-electron chi connectivity index (χ1n) is 4.31. The second kappa shape index (κ2) is 2.55. The number of Topliss-reactive ketones (excluding diaryl/α,β-unsaturated/α-hetero) is 1. The van der Waals surface area contributed by atoms with E-state index in [0.717, 1.165) is 11.3 Å². The van der Waals surface area contributed by atoms with Gasteiger partial charge in [-0.1, -0.05) is 6.08 Å². The topological polar surface area (TPSA) is 48.2 Å². The molecule has 0 aromatic rings. The van der Waals surface area contributed by atoms with Crippen LogP contribution in [0.3, 0.4) is 0 Å².